The van der Waals surface area contributed by atoms with Crippen molar-refractivity contribution < 1.29 is 9.18 Å². The van der Waals surface area contributed by atoms with Gasteiger partial charge in [-0.05, 0) is 75.4 Å². The molecule has 1 unspecified atom stereocenters. The molecule has 2 fully saturated rings. The standard InChI is InChI=1S/C20H24FN3O/c21-15-5-6-18-16(10-15)17(11-19(24-18)14-3-4-14)20(25)23-9-7-13-2-1-8-22-12-13/h5-6,10-11,13-14,22H,1-4,7-9,12H2,(H,23,25). The van der Waals surface area contributed by atoms with Gasteiger partial charge in [0.15, 0.2) is 0 Å². The molecule has 1 aromatic heterocycles. The van der Waals surface area contributed by atoms with Crippen LogP contribution in [0.4, 0.5) is 4.39 Å². The van der Waals surface area contributed by atoms with Crippen molar-refractivity contribution >= 4 is 16.8 Å². The topological polar surface area (TPSA) is 54.0 Å². The van der Waals surface area contributed by atoms with Crippen molar-refractivity contribution in [3.8, 4) is 0 Å². The summed E-state index contributed by atoms with van der Waals surface area (Å²) in [6.45, 7) is 2.79. The number of piperidine rings is 1. The van der Waals surface area contributed by atoms with Crippen LogP contribution >= 0.6 is 0 Å². The fourth-order valence-corrected chi connectivity index (χ4v) is 3.65. The van der Waals surface area contributed by atoms with E-state index >= 15 is 0 Å². The lowest BCUT2D eigenvalue weighted by molar-refractivity contribution is 0.0952. The lowest BCUT2D eigenvalue weighted by Gasteiger charge is -2.22. The van der Waals surface area contributed by atoms with Crippen molar-refractivity contribution in [1.82, 2.24) is 15.6 Å². The van der Waals surface area contributed by atoms with Crippen LogP contribution in [0.3, 0.4) is 0 Å². The predicted octanol–water partition coefficient (Wildman–Crippen LogP) is 3.37. The predicted molar refractivity (Wildman–Crippen MR) is 96.2 cm³/mol. The highest BCUT2D eigenvalue weighted by atomic mass is 19.1. The molecule has 1 aliphatic heterocycles. The van der Waals surface area contributed by atoms with Crippen LogP contribution in [0.1, 0.15) is 54.1 Å². The van der Waals surface area contributed by atoms with Crippen molar-refractivity contribution in [2.75, 3.05) is 19.6 Å². The zero-order valence-electron chi connectivity index (χ0n) is 14.4. The summed E-state index contributed by atoms with van der Waals surface area (Å²) in [7, 11) is 0. The van der Waals surface area contributed by atoms with E-state index in [-0.39, 0.29) is 11.7 Å². The summed E-state index contributed by atoms with van der Waals surface area (Å²) in [6, 6.07) is 6.35. The fourth-order valence-electron chi connectivity index (χ4n) is 3.65. The summed E-state index contributed by atoms with van der Waals surface area (Å²) in [6.07, 6.45) is 5.65. The fraction of sp³-hybridized carbons (Fsp3) is 0.500. The summed E-state index contributed by atoms with van der Waals surface area (Å²) in [5, 5.41) is 7.03. The van der Waals surface area contributed by atoms with Gasteiger partial charge in [-0.1, -0.05) is 0 Å². The van der Waals surface area contributed by atoms with Crippen LogP contribution < -0.4 is 10.6 Å². The highest BCUT2D eigenvalue weighted by Crippen LogP contribution is 2.40. The van der Waals surface area contributed by atoms with Crippen molar-refractivity contribution in [2.24, 2.45) is 5.92 Å². The summed E-state index contributed by atoms with van der Waals surface area (Å²) in [5.41, 5.74) is 2.21. The van der Waals surface area contributed by atoms with Gasteiger partial charge < -0.3 is 10.6 Å². The molecule has 2 aliphatic rings. The molecule has 1 saturated carbocycles. The number of fused-ring (bicyclic) bond motifs is 1. The van der Waals surface area contributed by atoms with Crippen molar-refractivity contribution in [1.29, 1.82) is 0 Å². The molecule has 0 radical (unpaired) electrons. The monoisotopic (exact) mass is 341 g/mol. The minimum absolute atomic E-state index is 0.122. The number of carbonyl (C=O) groups excluding carboxylic acids is 1. The van der Waals surface area contributed by atoms with Crippen molar-refractivity contribution in [3.05, 3.63) is 41.3 Å². The van der Waals surface area contributed by atoms with Crippen LogP contribution in [-0.2, 0) is 0 Å². The van der Waals surface area contributed by atoms with Crippen LogP contribution in [0.5, 0.6) is 0 Å². The maximum absolute atomic E-state index is 13.7. The molecule has 1 amide bonds. The highest BCUT2D eigenvalue weighted by molar-refractivity contribution is 6.06. The Balaban J connectivity index is 1.51. The molecule has 1 atom stereocenters. The van der Waals surface area contributed by atoms with Gasteiger partial charge >= 0.3 is 0 Å². The number of nitrogens with one attached hydrogen (secondary N) is 2. The van der Waals surface area contributed by atoms with Gasteiger partial charge in [0.25, 0.3) is 5.91 Å². The number of pyridine rings is 1. The second-order valence-electron chi connectivity index (χ2n) is 7.29. The highest BCUT2D eigenvalue weighted by Gasteiger charge is 2.27. The second kappa shape index (κ2) is 7.08. The SMILES string of the molecule is O=C(NCCC1CCCNC1)c1cc(C2CC2)nc2ccc(F)cc12. The zero-order chi connectivity index (χ0) is 17.2. The van der Waals surface area contributed by atoms with Gasteiger partial charge in [0.2, 0.25) is 0 Å². The molecule has 2 N–H and O–H groups in total. The van der Waals surface area contributed by atoms with Crippen LogP contribution in [0.25, 0.3) is 10.9 Å². The molecule has 0 bridgehead atoms. The second-order valence-corrected chi connectivity index (χ2v) is 7.29. The lowest BCUT2D eigenvalue weighted by atomic mass is 9.96. The molecular weight excluding hydrogens is 317 g/mol. The van der Waals surface area contributed by atoms with Gasteiger partial charge in [0, 0.05) is 23.5 Å². The molecule has 1 saturated heterocycles. The van der Waals surface area contributed by atoms with E-state index in [0.29, 0.717) is 34.8 Å². The summed E-state index contributed by atoms with van der Waals surface area (Å²) in [4.78, 5) is 17.4. The van der Waals surface area contributed by atoms with Gasteiger partial charge in [-0.2, -0.15) is 0 Å². The Morgan fingerprint density at radius 3 is 2.92 bits per heavy atom. The Kier molecular flexibility index (Phi) is 4.66. The largest absolute Gasteiger partial charge is 0.352 e. The third-order valence-electron chi connectivity index (χ3n) is 5.27. The molecule has 132 valence electrons. The third kappa shape index (κ3) is 3.82. The van der Waals surface area contributed by atoms with Gasteiger partial charge in [0.05, 0.1) is 11.1 Å². The van der Waals surface area contributed by atoms with Crippen LogP contribution in [0.15, 0.2) is 24.3 Å². The van der Waals surface area contributed by atoms with Gasteiger partial charge in [-0.25, -0.2) is 4.39 Å². The van der Waals surface area contributed by atoms with Gasteiger partial charge in [-0.3, -0.25) is 9.78 Å². The normalized spacial score (nSPS) is 20.6. The number of nitrogens with zero attached hydrogens (tertiary/aromatic N) is 1. The molecule has 0 spiro atoms. The van der Waals surface area contributed by atoms with E-state index in [9.17, 15) is 9.18 Å². The molecular formula is C20H24FN3O. The number of amides is 1. The maximum Gasteiger partial charge on any atom is 0.252 e. The summed E-state index contributed by atoms with van der Waals surface area (Å²) < 4.78 is 13.7. The molecule has 1 aromatic carbocycles. The molecule has 2 aromatic rings. The quantitative estimate of drug-likeness (QED) is 0.877. The molecule has 2 heterocycles. The number of carbonyl (C=O) groups is 1. The Hall–Kier alpha value is -2.01. The van der Waals surface area contributed by atoms with Crippen LogP contribution in [0, 0.1) is 11.7 Å². The first-order chi connectivity index (χ1) is 12.2. The molecule has 1 aliphatic carbocycles. The Morgan fingerprint density at radius 2 is 2.16 bits per heavy atom. The van der Waals surface area contributed by atoms with Gasteiger partial charge in [0.1, 0.15) is 5.82 Å². The first-order valence-corrected chi connectivity index (χ1v) is 9.30. The maximum atomic E-state index is 13.7. The number of hydrogen-bond acceptors (Lipinski definition) is 3. The Bertz CT molecular complexity index is 782. The number of hydrogen-bond donors (Lipinski definition) is 2. The van der Waals surface area contributed by atoms with E-state index in [0.717, 1.165) is 38.0 Å². The molecule has 5 heteroatoms. The number of benzene rings is 1. The summed E-state index contributed by atoms with van der Waals surface area (Å²) >= 11 is 0. The average Bonchev–Trinajstić information content (AvgIpc) is 3.47. The Morgan fingerprint density at radius 1 is 1.28 bits per heavy atom. The first-order valence-electron chi connectivity index (χ1n) is 9.30. The third-order valence-corrected chi connectivity index (χ3v) is 5.27. The van der Waals surface area contributed by atoms with E-state index in [1.165, 1.54) is 25.0 Å². The summed E-state index contributed by atoms with van der Waals surface area (Å²) in [5.74, 6) is 0.622. The Labute approximate surface area is 147 Å². The number of halogens is 1. The van der Waals surface area contributed by atoms with E-state index in [2.05, 4.69) is 15.6 Å². The van der Waals surface area contributed by atoms with Gasteiger partial charge in [-0.15, -0.1) is 0 Å². The van der Waals surface area contributed by atoms with Crippen LogP contribution in [0.2, 0.25) is 0 Å². The van der Waals surface area contributed by atoms with E-state index in [4.69, 9.17) is 0 Å². The smallest absolute Gasteiger partial charge is 0.252 e. The van der Waals surface area contributed by atoms with E-state index in [1.54, 1.807) is 6.07 Å². The zero-order valence-corrected chi connectivity index (χ0v) is 14.4. The molecule has 4 rings (SSSR count). The minimum atomic E-state index is -0.337. The number of aromatic nitrogens is 1. The lowest BCUT2D eigenvalue weighted by Crippen LogP contribution is -2.33. The average molecular weight is 341 g/mol. The molecule has 25 heavy (non-hydrogen) atoms. The molecule has 4 nitrogen and oxygen atoms in total. The van der Waals surface area contributed by atoms with Crippen molar-refractivity contribution in [2.45, 2.75) is 38.0 Å². The minimum Gasteiger partial charge on any atom is -0.352 e. The van der Waals surface area contributed by atoms with E-state index < -0.39 is 0 Å². The van der Waals surface area contributed by atoms with Crippen LogP contribution in [-0.4, -0.2) is 30.5 Å². The first kappa shape index (κ1) is 16.5. The van der Waals surface area contributed by atoms with E-state index in [1.807, 2.05) is 6.07 Å². The van der Waals surface area contributed by atoms with Crippen molar-refractivity contribution in [3.63, 3.8) is 0 Å². The number of rotatable bonds is 5.